The predicted molar refractivity (Wildman–Crippen MR) is 147 cm³/mol. The molecule has 2 heterocycles. The summed E-state index contributed by atoms with van der Waals surface area (Å²) in [6.45, 7) is 1.85. The summed E-state index contributed by atoms with van der Waals surface area (Å²) in [5, 5.41) is 0.662. The number of para-hydroxylation sites is 1. The number of hydrogen-bond donors (Lipinski definition) is 0. The molecule has 4 aromatic carbocycles. The lowest BCUT2D eigenvalue weighted by molar-refractivity contribution is -0.122. The molecule has 6 rings (SSSR count). The number of rotatable bonds is 3. The lowest BCUT2D eigenvalue weighted by Crippen LogP contribution is -2.55. The van der Waals surface area contributed by atoms with Crippen molar-refractivity contribution in [3.63, 3.8) is 0 Å². The van der Waals surface area contributed by atoms with Crippen LogP contribution < -0.4 is 4.90 Å². The maximum Gasteiger partial charge on any atom is 0.261 e. The third-order valence-corrected chi connectivity index (χ3v) is 8.50. The predicted octanol–water partition coefficient (Wildman–Crippen LogP) is 8.22. The number of carbonyl (C=O) groups is 1. The average Bonchev–Trinajstić information content (AvgIpc) is 3.07. The van der Waals surface area contributed by atoms with Crippen LogP contribution in [0.5, 0.6) is 0 Å². The van der Waals surface area contributed by atoms with Gasteiger partial charge in [0.05, 0.1) is 11.3 Å². The number of amides is 1. The van der Waals surface area contributed by atoms with E-state index in [1.807, 2.05) is 109 Å². The van der Waals surface area contributed by atoms with E-state index in [1.165, 1.54) is 0 Å². The Morgan fingerprint density at radius 2 is 1.50 bits per heavy atom. The van der Waals surface area contributed by atoms with Crippen LogP contribution in [0.3, 0.4) is 0 Å². The zero-order valence-corrected chi connectivity index (χ0v) is 21.3. The second-order valence-electron chi connectivity index (χ2n) is 9.01. The van der Waals surface area contributed by atoms with Crippen molar-refractivity contribution in [1.82, 2.24) is 0 Å². The van der Waals surface area contributed by atoms with E-state index in [0.717, 1.165) is 27.3 Å². The number of hydrogen-bond acceptors (Lipinski definition) is 3. The Balaban J connectivity index is 1.64. The summed E-state index contributed by atoms with van der Waals surface area (Å²) in [4.78, 5) is 17.2. The molecule has 0 aliphatic carbocycles. The molecular weight excluding hydrogens is 486 g/mol. The Morgan fingerprint density at radius 1 is 0.861 bits per heavy atom. The summed E-state index contributed by atoms with van der Waals surface area (Å²) < 4.78 is 7.09. The summed E-state index contributed by atoms with van der Waals surface area (Å²) >= 11 is 8.46. The fourth-order valence-corrected chi connectivity index (χ4v) is 6.84. The highest BCUT2D eigenvalue weighted by Crippen LogP contribution is 2.57. The van der Waals surface area contributed by atoms with E-state index in [2.05, 4.69) is 12.1 Å². The first-order valence-corrected chi connectivity index (χ1v) is 13.2. The molecular formula is C31H24ClNO2S. The van der Waals surface area contributed by atoms with E-state index < -0.39 is 5.72 Å². The van der Waals surface area contributed by atoms with Crippen LogP contribution in [0.4, 0.5) is 5.69 Å². The van der Waals surface area contributed by atoms with Crippen LogP contribution in [0.15, 0.2) is 120 Å². The Kier molecular flexibility index (Phi) is 5.87. The van der Waals surface area contributed by atoms with Crippen LogP contribution >= 0.6 is 23.4 Å². The van der Waals surface area contributed by atoms with E-state index in [0.29, 0.717) is 22.8 Å². The van der Waals surface area contributed by atoms with Crippen LogP contribution in [-0.2, 0) is 15.3 Å². The minimum Gasteiger partial charge on any atom is -0.462 e. The van der Waals surface area contributed by atoms with E-state index in [9.17, 15) is 4.79 Å². The van der Waals surface area contributed by atoms with Crippen molar-refractivity contribution in [3.05, 3.63) is 136 Å². The molecule has 0 unspecified atom stereocenters. The van der Waals surface area contributed by atoms with Gasteiger partial charge in [0.1, 0.15) is 5.76 Å². The van der Waals surface area contributed by atoms with Gasteiger partial charge in [0, 0.05) is 32.7 Å². The Bertz CT molecular complexity index is 1470. The molecule has 2 atom stereocenters. The smallest absolute Gasteiger partial charge is 0.261 e. The Morgan fingerprint density at radius 3 is 2.25 bits per heavy atom. The van der Waals surface area contributed by atoms with Crippen molar-refractivity contribution >= 4 is 40.7 Å². The maximum atomic E-state index is 14.3. The van der Waals surface area contributed by atoms with E-state index in [-0.39, 0.29) is 11.2 Å². The zero-order valence-electron chi connectivity index (χ0n) is 19.7. The summed E-state index contributed by atoms with van der Waals surface area (Å²) in [7, 11) is 0. The van der Waals surface area contributed by atoms with Crippen molar-refractivity contribution in [2.75, 3.05) is 4.90 Å². The highest BCUT2D eigenvalue weighted by Gasteiger charge is 2.53. The second kappa shape index (κ2) is 9.20. The van der Waals surface area contributed by atoms with Crippen LogP contribution in [-0.4, -0.2) is 5.91 Å². The molecule has 5 heteroatoms. The maximum absolute atomic E-state index is 14.3. The third kappa shape index (κ3) is 3.73. The van der Waals surface area contributed by atoms with Gasteiger partial charge in [0.25, 0.3) is 5.91 Å². The molecule has 0 aromatic heterocycles. The third-order valence-electron chi connectivity index (χ3n) is 6.85. The number of thioether (sulfide) groups is 1. The van der Waals surface area contributed by atoms with Gasteiger partial charge in [-0.15, -0.1) is 11.8 Å². The van der Waals surface area contributed by atoms with Gasteiger partial charge in [-0.05, 0) is 30.7 Å². The topological polar surface area (TPSA) is 29.5 Å². The molecule has 178 valence electrons. The number of nitrogens with zero attached hydrogens (tertiary/aromatic N) is 1. The zero-order chi connectivity index (χ0) is 24.7. The van der Waals surface area contributed by atoms with Crippen LogP contribution in [0, 0.1) is 0 Å². The fourth-order valence-electron chi connectivity index (χ4n) is 5.12. The molecule has 1 amide bonds. The van der Waals surface area contributed by atoms with Gasteiger partial charge in [-0.25, -0.2) is 0 Å². The van der Waals surface area contributed by atoms with E-state index in [1.54, 1.807) is 11.8 Å². The van der Waals surface area contributed by atoms with Crippen LogP contribution in [0.1, 0.15) is 35.3 Å². The normalized spacial score (nSPS) is 21.3. The van der Waals surface area contributed by atoms with Gasteiger partial charge in [0.15, 0.2) is 0 Å². The molecule has 0 N–H and O–H groups in total. The molecule has 3 nitrogen and oxygen atoms in total. The number of fused-ring (bicyclic) bond motifs is 3. The highest BCUT2D eigenvalue weighted by atomic mass is 35.5. The molecule has 0 spiro atoms. The van der Waals surface area contributed by atoms with Gasteiger partial charge >= 0.3 is 0 Å². The van der Waals surface area contributed by atoms with E-state index >= 15 is 0 Å². The molecule has 0 saturated heterocycles. The minimum absolute atomic E-state index is 0.0479. The Hall–Kier alpha value is -3.47. The second-order valence-corrected chi connectivity index (χ2v) is 10.7. The number of carbonyl (C=O) groups excluding carboxylic acids is 1. The first-order valence-electron chi connectivity index (χ1n) is 11.9. The molecule has 0 radical (unpaired) electrons. The van der Waals surface area contributed by atoms with Gasteiger partial charge in [-0.3, -0.25) is 9.69 Å². The first-order chi connectivity index (χ1) is 17.6. The van der Waals surface area contributed by atoms with Crippen molar-refractivity contribution < 1.29 is 9.53 Å². The summed E-state index contributed by atoms with van der Waals surface area (Å²) in [6.07, 6.45) is 0.523. The number of benzene rings is 4. The molecule has 4 aromatic rings. The standard InChI is InChI=1S/C31H24ClNO2S/c1-21-29(22-12-4-2-5-13-22)35-31(23-14-6-3-7-15-23)20-28(24-16-8-9-17-25(24)32)36-27-19-11-10-18-26(27)33(31)30(21)34/h2-19,28H,20H2,1H3/t28-,31+/m0/s1. The fraction of sp³-hybridized carbons (Fsp3) is 0.129. The number of anilines is 1. The lowest BCUT2D eigenvalue weighted by atomic mass is 9.89. The van der Waals surface area contributed by atoms with Gasteiger partial charge < -0.3 is 4.74 Å². The lowest BCUT2D eigenvalue weighted by Gasteiger charge is -2.48. The van der Waals surface area contributed by atoms with Gasteiger partial charge in [-0.1, -0.05) is 103 Å². The van der Waals surface area contributed by atoms with Crippen molar-refractivity contribution in [2.24, 2.45) is 0 Å². The van der Waals surface area contributed by atoms with Gasteiger partial charge in [0.2, 0.25) is 5.72 Å². The van der Waals surface area contributed by atoms with Crippen LogP contribution in [0.2, 0.25) is 5.02 Å². The first kappa shape index (κ1) is 23.0. The molecule has 0 fully saturated rings. The molecule has 36 heavy (non-hydrogen) atoms. The molecule has 0 saturated carbocycles. The Labute approximate surface area is 220 Å². The molecule has 2 aliphatic heterocycles. The van der Waals surface area contributed by atoms with E-state index in [4.69, 9.17) is 16.3 Å². The molecule has 2 aliphatic rings. The average molecular weight is 510 g/mol. The van der Waals surface area contributed by atoms with Crippen molar-refractivity contribution in [3.8, 4) is 0 Å². The molecule has 0 bridgehead atoms. The summed E-state index contributed by atoms with van der Waals surface area (Å²) in [5.41, 5.74) is 3.21. The van der Waals surface area contributed by atoms with Crippen molar-refractivity contribution in [1.29, 1.82) is 0 Å². The number of ether oxygens (including phenoxy) is 1. The quantitative estimate of drug-likeness (QED) is 0.278. The monoisotopic (exact) mass is 509 g/mol. The summed E-state index contributed by atoms with van der Waals surface area (Å²) in [6, 6.07) is 36.0. The minimum atomic E-state index is -1.06. The SMILES string of the molecule is CC1=C(c2ccccc2)O[C@@]2(c3ccccc3)C[C@@H](c3ccccc3Cl)Sc3ccccc3N2C1=O. The van der Waals surface area contributed by atoms with Crippen molar-refractivity contribution in [2.45, 2.75) is 29.2 Å². The number of halogens is 1. The van der Waals surface area contributed by atoms with Gasteiger partial charge in [-0.2, -0.15) is 0 Å². The van der Waals surface area contributed by atoms with Crippen LogP contribution in [0.25, 0.3) is 5.76 Å². The largest absolute Gasteiger partial charge is 0.462 e. The summed E-state index contributed by atoms with van der Waals surface area (Å²) in [5.74, 6) is 0.555. The highest BCUT2D eigenvalue weighted by molar-refractivity contribution is 7.99.